The second-order valence-corrected chi connectivity index (χ2v) is 21.9. The molecule has 0 radical (unpaired) electrons. The number of esters is 2. The smallest absolute Gasteiger partial charge is 0.306 e. The summed E-state index contributed by atoms with van der Waals surface area (Å²) in [6.07, 6.45) is 79.0. The van der Waals surface area contributed by atoms with Crippen LogP contribution in [0.3, 0.4) is 0 Å². The Hall–Kier alpha value is -1.62. The summed E-state index contributed by atoms with van der Waals surface area (Å²) >= 11 is 0. The first-order valence-electron chi connectivity index (χ1n) is 31.9. The summed E-state index contributed by atoms with van der Waals surface area (Å²) in [7, 11) is 0. The molecular weight excluding hydrogens is 861 g/mol. The van der Waals surface area contributed by atoms with E-state index in [1.165, 1.54) is 295 Å². The predicted octanol–water partition coefficient (Wildman–Crippen LogP) is 21.7. The number of carbonyl (C=O) groups is 2. The Morgan fingerprint density at radius 3 is 0.843 bits per heavy atom. The molecule has 0 saturated heterocycles. The summed E-state index contributed by atoms with van der Waals surface area (Å²) in [6.45, 7) is 4.19. The summed E-state index contributed by atoms with van der Waals surface area (Å²) in [5, 5.41) is 9.68. The Labute approximate surface area is 438 Å². The van der Waals surface area contributed by atoms with Crippen molar-refractivity contribution < 1.29 is 24.2 Å². The number of allylic oxidation sites excluding steroid dienone is 4. The third-order valence-corrected chi connectivity index (χ3v) is 14.7. The fourth-order valence-corrected chi connectivity index (χ4v) is 9.94. The Kier molecular flexibility index (Phi) is 60.3. The summed E-state index contributed by atoms with van der Waals surface area (Å²) in [5.74, 6) is -0.567. The second-order valence-electron chi connectivity index (χ2n) is 21.9. The topological polar surface area (TPSA) is 72.8 Å². The molecule has 5 nitrogen and oxygen atoms in total. The summed E-state index contributed by atoms with van der Waals surface area (Å²) in [6, 6.07) is 0. The maximum atomic E-state index is 12.3. The van der Waals surface area contributed by atoms with E-state index >= 15 is 0 Å². The van der Waals surface area contributed by atoms with Gasteiger partial charge in [0, 0.05) is 12.8 Å². The lowest BCUT2D eigenvalue weighted by atomic mass is 10.0. The van der Waals surface area contributed by atoms with Crippen LogP contribution in [0.4, 0.5) is 0 Å². The molecule has 0 aliphatic carbocycles. The predicted molar refractivity (Wildman–Crippen MR) is 307 cm³/mol. The van der Waals surface area contributed by atoms with Crippen molar-refractivity contribution in [3.8, 4) is 0 Å². The molecule has 1 unspecified atom stereocenters. The minimum Gasteiger partial charge on any atom is -0.462 e. The van der Waals surface area contributed by atoms with E-state index in [0.29, 0.717) is 12.8 Å². The number of ether oxygens (including phenoxy) is 2. The van der Waals surface area contributed by atoms with Crippen LogP contribution in [0, 0.1) is 0 Å². The molecule has 0 saturated carbocycles. The summed E-state index contributed by atoms with van der Waals surface area (Å²) in [4.78, 5) is 24.6. The fourth-order valence-electron chi connectivity index (χ4n) is 9.94. The van der Waals surface area contributed by atoms with E-state index in [4.69, 9.17) is 9.47 Å². The van der Waals surface area contributed by atoms with Crippen molar-refractivity contribution in [1.82, 2.24) is 0 Å². The monoisotopic (exact) mass is 985 g/mol. The van der Waals surface area contributed by atoms with E-state index in [9.17, 15) is 14.7 Å². The van der Waals surface area contributed by atoms with E-state index in [1.807, 2.05) is 0 Å². The SMILES string of the molecule is CCCCCCC/C=C\C/C=C\CCCCCCCCCCCCCCCCCC(=O)OC(CO)COC(=O)CCCCCCCCCCCCCCCCCCCCCCCCCCCCCCC. The van der Waals surface area contributed by atoms with Crippen LogP contribution in [0.5, 0.6) is 0 Å². The molecule has 0 aromatic rings. The van der Waals surface area contributed by atoms with Gasteiger partial charge < -0.3 is 14.6 Å². The molecule has 1 atom stereocenters. The van der Waals surface area contributed by atoms with E-state index in [1.54, 1.807) is 0 Å². The molecule has 1 N–H and O–H groups in total. The zero-order valence-electron chi connectivity index (χ0n) is 47.6. The largest absolute Gasteiger partial charge is 0.462 e. The summed E-state index contributed by atoms with van der Waals surface area (Å²) in [5.41, 5.74) is 0. The number of hydrogen-bond donors (Lipinski definition) is 1. The molecule has 414 valence electrons. The van der Waals surface area contributed by atoms with E-state index in [-0.39, 0.29) is 25.2 Å². The zero-order chi connectivity index (χ0) is 50.6. The number of hydrogen-bond acceptors (Lipinski definition) is 5. The van der Waals surface area contributed by atoms with Crippen molar-refractivity contribution >= 4 is 11.9 Å². The van der Waals surface area contributed by atoms with Crippen LogP contribution in [-0.4, -0.2) is 36.4 Å². The molecule has 0 aromatic heterocycles. The first kappa shape index (κ1) is 68.4. The lowest BCUT2D eigenvalue weighted by Gasteiger charge is -2.15. The minimum absolute atomic E-state index is 0.0589. The van der Waals surface area contributed by atoms with Crippen molar-refractivity contribution in [3.05, 3.63) is 24.3 Å². The Bertz CT molecular complexity index is 1070. The van der Waals surface area contributed by atoms with E-state index in [2.05, 4.69) is 38.2 Å². The molecule has 0 spiro atoms. The Balaban J connectivity index is 3.40. The van der Waals surface area contributed by atoms with Crippen molar-refractivity contribution in [1.29, 1.82) is 0 Å². The highest BCUT2D eigenvalue weighted by Gasteiger charge is 2.16. The third kappa shape index (κ3) is 58.9. The molecule has 0 aliphatic rings. The van der Waals surface area contributed by atoms with Gasteiger partial charge >= 0.3 is 11.9 Å². The Morgan fingerprint density at radius 1 is 0.329 bits per heavy atom. The molecule has 5 heteroatoms. The fraction of sp³-hybridized carbons (Fsp3) is 0.908. The molecule has 0 heterocycles. The van der Waals surface area contributed by atoms with Gasteiger partial charge in [-0.1, -0.05) is 327 Å². The van der Waals surface area contributed by atoms with Crippen LogP contribution in [0.15, 0.2) is 24.3 Å². The molecule has 70 heavy (non-hydrogen) atoms. The molecule has 0 aromatic carbocycles. The second kappa shape index (κ2) is 61.7. The van der Waals surface area contributed by atoms with Gasteiger partial charge in [-0.05, 0) is 44.9 Å². The number of aliphatic hydroxyl groups excluding tert-OH is 1. The molecular formula is C65H124O5. The maximum Gasteiger partial charge on any atom is 0.306 e. The molecule has 0 fully saturated rings. The van der Waals surface area contributed by atoms with Crippen LogP contribution in [0.2, 0.25) is 0 Å². The van der Waals surface area contributed by atoms with Gasteiger partial charge in [-0.15, -0.1) is 0 Å². The van der Waals surface area contributed by atoms with Crippen molar-refractivity contribution in [3.63, 3.8) is 0 Å². The lowest BCUT2D eigenvalue weighted by Crippen LogP contribution is -2.28. The van der Waals surface area contributed by atoms with Gasteiger partial charge in [-0.3, -0.25) is 9.59 Å². The van der Waals surface area contributed by atoms with Crippen molar-refractivity contribution in [2.24, 2.45) is 0 Å². The lowest BCUT2D eigenvalue weighted by molar-refractivity contribution is -0.161. The molecule has 0 amide bonds. The first-order valence-corrected chi connectivity index (χ1v) is 31.9. The van der Waals surface area contributed by atoms with Gasteiger partial charge in [0.2, 0.25) is 0 Å². The third-order valence-electron chi connectivity index (χ3n) is 14.7. The van der Waals surface area contributed by atoms with E-state index in [0.717, 1.165) is 38.5 Å². The van der Waals surface area contributed by atoms with Crippen LogP contribution in [-0.2, 0) is 19.1 Å². The number of rotatable bonds is 60. The quantitative estimate of drug-likeness (QED) is 0.0373. The standard InChI is InChI=1S/C65H124O5/c1-3-5-7-9-11-13-15-17-19-21-23-25-27-29-31-32-34-35-37-39-41-43-45-47-49-51-53-55-57-59-64(67)69-62-63(61-66)70-65(68)60-58-56-54-52-50-48-46-44-42-40-38-36-33-30-28-26-24-22-20-18-16-14-12-10-8-6-4-2/h16,18,22,24,63,66H,3-15,17,19-21,23,25-62H2,1-2H3/b18-16-,24-22-. The van der Waals surface area contributed by atoms with Gasteiger partial charge in [0.05, 0.1) is 6.61 Å². The minimum atomic E-state index is -0.769. The molecule has 0 bridgehead atoms. The Morgan fingerprint density at radius 2 is 0.571 bits per heavy atom. The molecule has 0 rings (SSSR count). The van der Waals surface area contributed by atoms with Crippen LogP contribution >= 0.6 is 0 Å². The average molecular weight is 986 g/mol. The van der Waals surface area contributed by atoms with Crippen LogP contribution in [0.1, 0.15) is 361 Å². The highest BCUT2D eigenvalue weighted by molar-refractivity contribution is 5.70. The number of carbonyl (C=O) groups excluding carboxylic acids is 2. The van der Waals surface area contributed by atoms with Gasteiger partial charge in [0.1, 0.15) is 6.61 Å². The number of aliphatic hydroxyl groups is 1. The molecule has 0 aliphatic heterocycles. The summed E-state index contributed by atoms with van der Waals surface area (Å²) < 4.78 is 10.7. The first-order chi connectivity index (χ1) is 34.6. The van der Waals surface area contributed by atoms with Crippen LogP contribution in [0.25, 0.3) is 0 Å². The van der Waals surface area contributed by atoms with E-state index < -0.39 is 6.10 Å². The maximum absolute atomic E-state index is 12.3. The van der Waals surface area contributed by atoms with Crippen molar-refractivity contribution in [2.45, 2.75) is 367 Å². The van der Waals surface area contributed by atoms with Gasteiger partial charge in [-0.2, -0.15) is 0 Å². The van der Waals surface area contributed by atoms with Crippen molar-refractivity contribution in [2.75, 3.05) is 13.2 Å². The van der Waals surface area contributed by atoms with Gasteiger partial charge in [0.25, 0.3) is 0 Å². The van der Waals surface area contributed by atoms with Gasteiger partial charge in [-0.25, -0.2) is 0 Å². The van der Waals surface area contributed by atoms with Crippen LogP contribution < -0.4 is 0 Å². The zero-order valence-corrected chi connectivity index (χ0v) is 47.6. The highest BCUT2D eigenvalue weighted by Crippen LogP contribution is 2.18. The van der Waals surface area contributed by atoms with Gasteiger partial charge in [0.15, 0.2) is 6.10 Å². The highest BCUT2D eigenvalue weighted by atomic mass is 16.6. The normalized spacial score (nSPS) is 12.2. The average Bonchev–Trinajstić information content (AvgIpc) is 3.36. The number of unbranched alkanes of at least 4 members (excludes halogenated alkanes) is 48.